The van der Waals surface area contributed by atoms with Gasteiger partial charge < -0.3 is 14.2 Å². The molecular formula is C20H17ClF3IN5O3P. The Morgan fingerprint density at radius 1 is 1.32 bits per heavy atom. The number of hydrogen-bond donors (Lipinski definition) is 0. The maximum Gasteiger partial charge on any atom is 0.416 e. The van der Waals surface area contributed by atoms with E-state index in [1.807, 2.05) is 26.9 Å². The normalized spacial score (nSPS) is 14.0. The number of alkyl halides is 3. The first kappa shape index (κ1) is 24.9. The molecule has 1 aliphatic rings. The lowest BCUT2D eigenvalue weighted by Crippen LogP contribution is -2.33. The second kappa shape index (κ2) is 9.82. The van der Waals surface area contributed by atoms with Crippen LogP contribution in [0.3, 0.4) is 0 Å². The van der Waals surface area contributed by atoms with Crippen LogP contribution in [-0.2, 0) is 30.4 Å². The van der Waals surface area contributed by atoms with Gasteiger partial charge in [-0.1, -0.05) is 29.8 Å². The topological polar surface area (TPSA) is 82.2 Å². The van der Waals surface area contributed by atoms with E-state index in [-0.39, 0.29) is 35.9 Å². The molecule has 14 heteroatoms. The summed E-state index contributed by atoms with van der Waals surface area (Å²) < 4.78 is 48.2. The van der Waals surface area contributed by atoms with Crippen molar-refractivity contribution in [3.63, 3.8) is 0 Å². The molecule has 0 spiro atoms. The van der Waals surface area contributed by atoms with Crippen molar-refractivity contribution in [2.75, 3.05) is 18.6 Å². The van der Waals surface area contributed by atoms with Crippen LogP contribution in [-0.4, -0.2) is 38.7 Å². The smallest absolute Gasteiger partial charge is 0.416 e. The van der Waals surface area contributed by atoms with Crippen molar-refractivity contribution < 1.29 is 22.7 Å². The summed E-state index contributed by atoms with van der Waals surface area (Å²) in [5.41, 5.74) is 0.368. The van der Waals surface area contributed by atoms with Gasteiger partial charge in [0.25, 0.3) is 5.56 Å². The molecule has 0 fully saturated rings. The minimum Gasteiger partial charge on any atom is -0.463 e. The van der Waals surface area contributed by atoms with E-state index in [0.29, 0.717) is 30.0 Å². The lowest BCUT2D eigenvalue weighted by atomic mass is 10.1. The Morgan fingerprint density at radius 2 is 2.06 bits per heavy atom. The van der Waals surface area contributed by atoms with E-state index >= 15 is 0 Å². The number of rotatable bonds is 5. The minimum atomic E-state index is -4.54. The Balaban J connectivity index is 1.74. The molecule has 2 aromatic heterocycles. The fourth-order valence-corrected chi connectivity index (χ4v) is 5.52. The maximum atomic E-state index is 13.5. The molecule has 1 atom stereocenters. The number of fused-ring (bicyclic) bond motifs is 1. The maximum absolute atomic E-state index is 13.5. The summed E-state index contributed by atoms with van der Waals surface area (Å²) in [6, 6.07) is 5.21. The number of anilines is 1. The number of benzene rings is 1. The molecule has 1 aromatic carbocycles. The molecule has 180 valence electrons. The molecule has 3 heterocycles. The number of ether oxygens (including phenoxy) is 1. The van der Waals surface area contributed by atoms with E-state index in [1.54, 1.807) is 0 Å². The molecule has 8 nitrogen and oxygen atoms in total. The van der Waals surface area contributed by atoms with Gasteiger partial charge in [-0.05, 0) is 33.7 Å². The molecule has 0 bridgehead atoms. The number of esters is 1. The van der Waals surface area contributed by atoms with Gasteiger partial charge in [0.15, 0.2) is 0 Å². The van der Waals surface area contributed by atoms with Gasteiger partial charge in [0, 0.05) is 18.7 Å². The zero-order valence-electron chi connectivity index (χ0n) is 17.6. The third-order valence-electron chi connectivity index (χ3n) is 5.46. The van der Waals surface area contributed by atoms with Gasteiger partial charge in [-0.25, -0.2) is 14.2 Å². The average molecular weight is 626 g/mol. The molecule has 1 unspecified atom stereocenters. The van der Waals surface area contributed by atoms with Gasteiger partial charge in [0.2, 0.25) is 5.82 Å². The summed E-state index contributed by atoms with van der Waals surface area (Å²) in [6.07, 6.45) is -2.59. The van der Waals surface area contributed by atoms with Gasteiger partial charge in [0.05, 0.1) is 49.7 Å². The highest BCUT2D eigenvalue weighted by Gasteiger charge is 2.34. The van der Waals surface area contributed by atoms with Gasteiger partial charge in [-0.3, -0.25) is 4.79 Å². The van der Waals surface area contributed by atoms with E-state index in [9.17, 15) is 22.8 Å². The molecule has 0 saturated carbocycles. The summed E-state index contributed by atoms with van der Waals surface area (Å²) in [6.45, 7) is 0.402. The highest BCUT2D eigenvalue weighted by atomic mass is 127. The predicted molar refractivity (Wildman–Crippen MR) is 130 cm³/mol. The number of carbonyl (C=O) groups is 1. The Kier molecular flexibility index (Phi) is 7.20. The first-order valence-electron chi connectivity index (χ1n) is 9.86. The van der Waals surface area contributed by atoms with Gasteiger partial charge in [0.1, 0.15) is 5.02 Å². The highest BCUT2D eigenvalue weighted by Crippen LogP contribution is 2.34. The van der Waals surface area contributed by atoms with Crippen LogP contribution in [0, 0.1) is 0 Å². The number of methoxy groups -OCH3 is 1. The van der Waals surface area contributed by atoms with Crippen LogP contribution in [0.25, 0.3) is 0 Å². The third-order valence-corrected chi connectivity index (χ3v) is 7.66. The Hall–Kier alpha value is -2.18. The van der Waals surface area contributed by atoms with Crippen LogP contribution >= 0.6 is 40.0 Å². The number of hydrogen-bond acceptors (Lipinski definition) is 6. The molecule has 3 aromatic rings. The van der Waals surface area contributed by atoms with Crippen LogP contribution in [0.1, 0.15) is 33.1 Å². The number of aromatic nitrogens is 4. The van der Waals surface area contributed by atoms with Crippen molar-refractivity contribution in [3.05, 3.63) is 74.2 Å². The standard InChI is InChI=1S/C20H17ClF3IN5O3P/c1-33-19(32)17-27-13-10-28(15-8-26-30(34-25)18(31)16(15)21)7-6-14(13)29(17)9-11-4-2-3-5-12(11)20(22,23)24/h2-5,8,34H,6-7,9-10H2,1H3. The summed E-state index contributed by atoms with van der Waals surface area (Å²) in [7, 11) is 1.19. The molecule has 0 radical (unpaired) electrons. The minimum absolute atomic E-state index is 0.0123. The second-order valence-electron chi connectivity index (χ2n) is 7.38. The van der Waals surface area contributed by atoms with Crippen LogP contribution in [0.15, 0.2) is 35.3 Å². The van der Waals surface area contributed by atoms with Crippen molar-refractivity contribution in [1.82, 2.24) is 19.1 Å². The average Bonchev–Trinajstić information content (AvgIpc) is 3.17. The zero-order chi connectivity index (χ0) is 24.6. The van der Waals surface area contributed by atoms with Gasteiger partial charge in [-0.2, -0.15) is 18.3 Å². The van der Waals surface area contributed by atoms with E-state index in [1.165, 1.54) is 40.5 Å². The zero-order valence-corrected chi connectivity index (χ0v) is 21.5. The van der Waals surface area contributed by atoms with Gasteiger partial charge in [-0.15, -0.1) is 0 Å². The fourth-order valence-electron chi connectivity index (χ4n) is 3.88. The number of nitrogens with zero attached hydrogens (tertiary/aromatic N) is 5. The van der Waals surface area contributed by atoms with Crippen molar-refractivity contribution in [3.8, 4) is 0 Å². The second-order valence-corrected chi connectivity index (χ2v) is 9.80. The molecule has 34 heavy (non-hydrogen) atoms. The van der Waals surface area contributed by atoms with Crippen LogP contribution in [0.5, 0.6) is 0 Å². The third kappa shape index (κ3) is 4.67. The molecule has 0 amide bonds. The van der Waals surface area contributed by atoms with Crippen LogP contribution in [0.2, 0.25) is 5.02 Å². The lowest BCUT2D eigenvalue weighted by molar-refractivity contribution is -0.138. The fraction of sp³-hybridized carbons (Fsp3) is 0.300. The van der Waals surface area contributed by atoms with Crippen LogP contribution < -0.4 is 10.5 Å². The van der Waals surface area contributed by atoms with Crippen molar-refractivity contribution in [2.45, 2.75) is 25.7 Å². The molecule has 1 aliphatic heterocycles. The van der Waals surface area contributed by atoms with Crippen molar-refractivity contribution in [2.24, 2.45) is 0 Å². The number of imidazole rings is 1. The quantitative estimate of drug-likeness (QED) is 0.239. The Bertz CT molecular complexity index is 1310. The Labute approximate surface area is 211 Å². The predicted octanol–water partition coefficient (Wildman–Crippen LogP) is 4.30. The number of carbonyl (C=O) groups excluding carboxylic acids is 1. The summed E-state index contributed by atoms with van der Waals surface area (Å²) in [5.74, 6) is -0.840. The monoisotopic (exact) mass is 625 g/mol. The largest absolute Gasteiger partial charge is 0.463 e. The van der Waals surface area contributed by atoms with Gasteiger partial charge >= 0.3 is 12.1 Å². The van der Waals surface area contributed by atoms with E-state index in [2.05, 4.69) is 10.1 Å². The molecular weight excluding hydrogens is 609 g/mol. The number of halogens is 5. The van der Waals surface area contributed by atoms with Crippen molar-refractivity contribution >= 4 is 51.7 Å². The molecule has 0 saturated heterocycles. The summed E-state index contributed by atoms with van der Waals surface area (Å²) in [5, 5.41) is 4.14. The van der Waals surface area contributed by atoms with Crippen molar-refractivity contribution in [1.29, 1.82) is 0 Å². The molecule has 0 N–H and O–H groups in total. The first-order valence-corrected chi connectivity index (χ1v) is 14.3. The summed E-state index contributed by atoms with van der Waals surface area (Å²) in [4.78, 5) is 31.0. The highest BCUT2D eigenvalue weighted by molar-refractivity contribution is 14.2. The lowest BCUT2D eigenvalue weighted by Gasteiger charge is -2.29. The van der Waals surface area contributed by atoms with E-state index in [4.69, 9.17) is 16.3 Å². The Morgan fingerprint density at radius 3 is 2.74 bits per heavy atom. The van der Waals surface area contributed by atoms with E-state index in [0.717, 1.165) is 6.07 Å². The summed E-state index contributed by atoms with van der Waals surface area (Å²) >= 11 is 8.32. The first-order chi connectivity index (χ1) is 16.2. The van der Waals surface area contributed by atoms with E-state index < -0.39 is 23.3 Å². The molecule has 0 aliphatic carbocycles. The van der Waals surface area contributed by atoms with Crippen LogP contribution in [0.4, 0.5) is 18.9 Å². The SMILES string of the molecule is COC(=O)c1nc2c(n1Cc1ccccc1C(F)(F)F)CCN(c1cnn(PI)c(=O)c1Cl)C2. The molecule has 4 rings (SSSR count).